The fraction of sp³-hybridized carbons (Fsp3) is 0.474. The first kappa shape index (κ1) is 17.9. The van der Waals surface area contributed by atoms with Crippen molar-refractivity contribution in [3.63, 3.8) is 0 Å². The summed E-state index contributed by atoms with van der Waals surface area (Å²) in [6, 6.07) is 7.93. The number of hydrogen-bond donors (Lipinski definition) is 1. The SMILES string of the molecule is CCOc1ccc(-c2nc(C(=O)N3CCC(N)C(C)(C)C3)cs2)cc1. The minimum Gasteiger partial charge on any atom is -0.494 e. The van der Waals surface area contributed by atoms with Gasteiger partial charge in [-0.2, -0.15) is 0 Å². The fourth-order valence-corrected chi connectivity index (χ4v) is 3.87. The maximum Gasteiger partial charge on any atom is 0.273 e. The Morgan fingerprint density at radius 2 is 2.12 bits per heavy atom. The molecular formula is C19H25N3O2S. The molecule has 0 spiro atoms. The number of amides is 1. The van der Waals surface area contributed by atoms with E-state index >= 15 is 0 Å². The second kappa shape index (κ2) is 7.14. The number of carbonyl (C=O) groups excluding carboxylic acids is 1. The van der Waals surface area contributed by atoms with Gasteiger partial charge < -0.3 is 15.4 Å². The van der Waals surface area contributed by atoms with Crippen LogP contribution in [0.5, 0.6) is 5.75 Å². The molecule has 1 fully saturated rings. The Morgan fingerprint density at radius 1 is 1.40 bits per heavy atom. The molecule has 2 heterocycles. The molecule has 6 heteroatoms. The average molecular weight is 359 g/mol. The number of nitrogens with zero attached hydrogens (tertiary/aromatic N) is 2. The normalized spacial score (nSPS) is 19.7. The van der Waals surface area contributed by atoms with Crippen molar-refractivity contribution in [1.29, 1.82) is 0 Å². The van der Waals surface area contributed by atoms with E-state index in [2.05, 4.69) is 18.8 Å². The monoisotopic (exact) mass is 359 g/mol. The topological polar surface area (TPSA) is 68.5 Å². The minimum atomic E-state index is -0.0676. The highest BCUT2D eigenvalue weighted by Crippen LogP contribution is 2.30. The summed E-state index contributed by atoms with van der Waals surface area (Å²) in [5, 5.41) is 2.69. The number of thiazole rings is 1. The molecule has 0 bridgehead atoms. The van der Waals surface area contributed by atoms with E-state index in [9.17, 15) is 4.79 Å². The Hall–Kier alpha value is -1.92. The van der Waals surface area contributed by atoms with Crippen molar-refractivity contribution in [2.24, 2.45) is 11.1 Å². The van der Waals surface area contributed by atoms with Crippen LogP contribution in [0.4, 0.5) is 0 Å². The lowest BCUT2D eigenvalue weighted by Gasteiger charge is -2.42. The number of ether oxygens (including phenoxy) is 1. The molecule has 3 rings (SSSR count). The van der Waals surface area contributed by atoms with Gasteiger partial charge in [-0.1, -0.05) is 13.8 Å². The summed E-state index contributed by atoms with van der Waals surface area (Å²) in [7, 11) is 0. The maximum atomic E-state index is 12.8. The molecule has 1 aromatic carbocycles. The Kier molecular flexibility index (Phi) is 5.11. The number of benzene rings is 1. The minimum absolute atomic E-state index is 0.00610. The van der Waals surface area contributed by atoms with Crippen LogP contribution in [0.15, 0.2) is 29.6 Å². The van der Waals surface area contributed by atoms with Gasteiger partial charge in [0.2, 0.25) is 0 Å². The highest BCUT2D eigenvalue weighted by molar-refractivity contribution is 7.13. The zero-order valence-corrected chi connectivity index (χ0v) is 15.8. The van der Waals surface area contributed by atoms with E-state index in [1.165, 1.54) is 11.3 Å². The molecule has 2 aromatic rings. The Morgan fingerprint density at radius 3 is 2.76 bits per heavy atom. The lowest BCUT2D eigenvalue weighted by Crippen LogP contribution is -2.54. The van der Waals surface area contributed by atoms with Gasteiger partial charge in [0.15, 0.2) is 0 Å². The number of carbonyl (C=O) groups is 1. The predicted molar refractivity (Wildman–Crippen MR) is 101 cm³/mol. The van der Waals surface area contributed by atoms with Gasteiger partial charge in [-0.15, -0.1) is 11.3 Å². The molecule has 1 aliphatic rings. The largest absolute Gasteiger partial charge is 0.494 e. The first-order valence-electron chi connectivity index (χ1n) is 8.64. The predicted octanol–water partition coefficient (Wildman–Crippen LogP) is 3.41. The number of rotatable bonds is 4. The van der Waals surface area contributed by atoms with E-state index in [-0.39, 0.29) is 17.4 Å². The third kappa shape index (κ3) is 3.85. The smallest absolute Gasteiger partial charge is 0.273 e. The molecule has 25 heavy (non-hydrogen) atoms. The van der Waals surface area contributed by atoms with Crippen molar-refractivity contribution in [3.8, 4) is 16.3 Å². The molecule has 0 radical (unpaired) electrons. The summed E-state index contributed by atoms with van der Waals surface area (Å²) >= 11 is 1.49. The zero-order valence-electron chi connectivity index (χ0n) is 15.0. The van der Waals surface area contributed by atoms with Crippen LogP contribution in [0, 0.1) is 5.41 Å². The van der Waals surface area contributed by atoms with E-state index < -0.39 is 0 Å². The summed E-state index contributed by atoms with van der Waals surface area (Å²) in [5.74, 6) is 0.833. The van der Waals surface area contributed by atoms with Crippen molar-refractivity contribution >= 4 is 17.2 Å². The van der Waals surface area contributed by atoms with Crippen LogP contribution < -0.4 is 10.5 Å². The Labute approximate surface area is 152 Å². The van der Waals surface area contributed by atoms with Gasteiger partial charge in [0, 0.05) is 30.1 Å². The van der Waals surface area contributed by atoms with Crippen LogP contribution in [0.2, 0.25) is 0 Å². The second-order valence-electron chi connectivity index (χ2n) is 7.11. The molecule has 5 nitrogen and oxygen atoms in total. The van der Waals surface area contributed by atoms with E-state index in [4.69, 9.17) is 10.5 Å². The van der Waals surface area contributed by atoms with Gasteiger partial charge in [0.1, 0.15) is 16.5 Å². The van der Waals surface area contributed by atoms with Crippen LogP contribution in [-0.4, -0.2) is 41.5 Å². The molecule has 0 aliphatic carbocycles. The van der Waals surface area contributed by atoms with Gasteiger partial charge in [-0.25, -0.2) is 4.98 Å². The number of aromatic nitrogens is 1. The quantitative estimate of drug-likeness (QED) is 0.908. The number of piperidine rings is 1. The number of hydrogen-bond acceptors (Lipinski definition) is 5. The lowest BCUT2D eigenvalue weighted by atomic mass is 9.79. The van der Waals surface area contributed by atoms with Crippen LogP contribution in [-0.2, 0) is 0 Å². The molecule has 1 saturated heterocycles. The van der Waals surface area contributed by atoms with Crippen LogP contribution in [0.1, 0.15) is 37.7 Å². The lowest BCUT2D eigenvalue weighted by molar-refractivity contribution is 0.0528. The summed E-state index contributed by atoms with van der Waals surface area (Å²) in [6.07, 6.45) is 0.828. The number of likely N-dealkylation sites (tertiary alicyclic amines) is 1. The third-order valence-electron chi connectivity index (χ3n) is 4.73. The molecule has 1 atom stereocenters. The molecule has 1 aliphatic heterocycles. The molecule has 1 amide bonds. The van der Waals surface area contributed by atoms with Crippen molar-refractivity contribution < 1.29 is 9.53 Å². The van der Waals surface area contributed by atoms with Crippen LogP contribution in [0.3, 0.4) is 0 Å². The zero-order chi connectivity index (χ0) is 18.0. The van der Waals surface area contributed by atoms with Gasteiger partial charge in [0.25, 0.3) is 5.91 Å². The van der Waals surface area contributed by atoms with E-state index in [1.54, 1.807) is 0 Å². The molecule has 1 unspecified atom stereocenters. The highest BCUT2D eigenvalue weighted by atomic mass is 32.1. The van der Waals surface area contributed by atoms with Crippen LogP contribution >= 0.6 is 11.3 Å². The Bertz CT molecular complexity index is 739. The van der Waals surface area contributed by atoms with Crippen molar-refractivity contribution in [1.82, 2.24) is 9.88 Å². The average Bonchev–Trinajstić information content (AvgIpc) is 3.07. The highest BCUT2D eigenvalue weighted by Gasteiger charge is 2.36. The van der Waals surface area contributed by atoms with Crippen LogP contribution in [0.25, 0.3) is 10.6 Å². The van der Waals surface area contributed by atoms with Gasteiger partial charge in [0.05, 0.1) is 6.61 Å². The van der Waals surface area contributed by atoms with Gasteiger partial charge in [-0.05, 0) is 43.0 Å². The van der Waals surface area contributed by atoms with E-state index in [0.29, 0.717) is 25.4 Å². The fourth-order valence-electron chi connectivity index (χ4n) is 3.07. The third-order valence-corrected chi connectivity index (χ3v) is 5.63. The summed E-state index contributed by atoms with van der Waals surface area (Å²) in [6.45, 7) is 8.20. The standard InChI is InChI=1S/C19H25N3O2S/c1-4-24-14-7-5-13(6-8-14)17-21-15(11-25-17)18(23)22-10-9-16(20)19(2,3)12-22/h5-8,11,16H,4,9-10,12,20H2,1-3H3. The van der Waals surface area contributed by atoms with Crippen molar-refractivity contribution in [2.75, 3.05) is 19.7 Å². The summed E-state index contributed by atoms with van der Waals surface area (Å²) in [4.78, 5) is 19.2. The number of nitrogens with two attached hydrogens (primary N) is 1. The van der Waals surface area contributed by atoms with E-state index in [0.717, 1.165) is 22.7 Å². The van der Waals surface area contributed by atoms with Crippen molar-refractivity contribution in [3.05, 3.63) is 35.3 Å². The molecule has 0 saturated carbocycles. The van der Waals surface area contributed by atoms with Gasteiger partial charge >= 0.3 is 0 Å². The first-order valence-corrected chi connectivity index (χ1v) is 9.52. The van der Waals surface area contributed by atoms with Crippen molar-refractivity contribution in [2.45, 2.75) is 33.2 Å². The molecule has 134 valence electrons. The molecule has 2 N–H and O–H groups in total. The molecular weight excluding hydrogens is 334 g/mol. The van der Waals surface area contributed by atoms with Gasteiger partial charge in [-0.3, -0.25) is 4.79 Å². The molecule has 1 aromatic heterocycles. The summed E-state index contributed by atoms with van der Waals surface area (Å²) in [5.41, 5.74) is 7.61. The first-order chi connectivity index (χ1) is 11.9. The second-order valence-corrected chi connectivity index (χ2v) is 7.96. The van der Waals surface area contributed by atoms with E-state index in [1.807, 2.05) is 41.5 Å². The summed E-state index contributed by atoms with van der Waals surface area (Å²) < 4.78 is 5.46. The Balaban J connectivity index is 1.73. The maximum absolute atomic E-state index is 12.8.